The SMILES string of the molecule is COC(=O)c1cc(-c2ccnc(C(C)(C)C)c2)ccc1N. The van der Waals surface area contributed by atoms with Gasteiger partial charge in [0, 0.05) is 23.0 Å². The molecule has 2 N–H and O–H groups in total. The van der Waals surface area contributed by atoms with Crippen LogP contribution in [-0.4, -0.2) is 18.1 Å². The summed E-state index contributed by atoms with van der Waals surface area (Å²) in [4.78, 5) is 16.1. The normalized spacial score (nSPS) is 11.2. The first-order chi connectivity index (χ1) is 9.82. The molecule has 110 valence electrons. The third-order valence-corrected chi connectivity index (χ3v) is 3.32. The third kappa shape index (κ3) is 3.21. The van der Waals surface area contributed by atoms with Crippen molar-refractivity contribution in [3.05, 3.63) is 47.8 Å². The van der Waals surface area contributed by atoms with Gasteiger partial charge >= 0.3 is 5.97 Å². The first-order valence-electron chi connectivity index (χ1n) is 6.77. The van der Waals surface area contributed by atoms with Gasteiger partial charge in [-0.2, -0.15) is 0 Å². The van der Waals surface area contributed by atoms with Gasteiger partial charge in [0.2, 0.25) is 0 Å². The van der Waals surface area contributed by atoms with E-state index in [-0.39, 0.29) is 5.41 Å². The molecule has 21 heavy (non-hydrogen) atoms. The summed E-state index contributed by atoms with van der Waals surface area (Å²) < 4.78 is 4.75. The molecular weight excluding hydrogens is 264 g/mol. The average Bonchev–Trinajstić information content (AvgIpc) is 2.46. The summed E-state index contributed by atoms with van der Waals surface area (Å²) in [6, 6.07) is 9.32. The van der Waals surface area contributed by atoms with Crippen LogP contribution in [0.4, 0.5) is 5.69 Å². The second-order valence-electron chi connectivity index (χ2n) is 5.97. The number of nitrogen functional groups attached to an aromatic ring is 1. The number of nitrogens with two attached hydrogens (primary N) is 1. The number of esters is 1. The molecule has 0 saturated heterocycles. The number of nitrogens with zero attached hydrogens (tertiary/aromatic N) is 1. The van der Waals surface area contributed by atoms with Crippen LogP contribution >= 0.6 is 0 Å². The van der Waals surface area contributed by atoms with Crippen molar-refractivity contribution in [1.29, 1.82) is 0 Å². The van der Waals surface area contributed by atoms with Crippen molar-refractivity contribution in [2.45, 2.75) is 26.2 Å². The van der Waals surface area contributed by atoms with Crippen LogP contribution in [0.5, 0.6) is 0 Å². The van der Waals surface area contributed by atoms with Crippen molar-refractivity contribution < 1.29 is 9.53 Å². The Balaban J connectivity index is 2.50. The third-order valence-electron chi connectivity index (χ3n) is 3.32. The molecular formula is C17H20N2O2. The zero-order valence-electron chi connectivity index (χ0n) is 12.8. The molecule has 0 fully saturated rings. The molecule has 1 aromatic heterocycles. The quantitative estimate of drug-likeness (QED) is 0.678. The van der Waals surface area contributed by atoms with Crippen LogP contribution in [-0.2, 0) is 10.2 Å². The van der Waals surface area contributed by atoms with Crippen LogP contribution in [0.25, 0.3) is 11.1 Å². The summed E-state index contributed by atoms with van der Waals surface area (Å²) in [5.74, 6) is -0.431. The van der Waals surface area contributed by atoms with Gasteiger partial charge in [0.05, 0.1) is 12.7 Å². The Labute approximate surface area is 125 Å². The van der Waals surface area contributed by atoms with Crippen molar-refractivity contribution in [3.63, 3.8) is 0 Å². The van der Waals surface area contributed by atoms with Gasteiger partial charge in [-0.05, 0) is 35.4 Å². The van der Waals surface area contributed by atoms with Gasteiger partial charge in [-0.3, -0.25) is 4.98 Å². The maximum atomic E-state index is 11.7. The molecule has 1 heterocycles. The number of anilines is 1. The summed E-state index contributed by atoms with van der Waals surface area (Å²) in [7, 11) is 1.35. The maximum absolute atomic E-state index is 11.7. The van der Waals surface area contributed by atoms with Gasteiger partial charge < -0.3 is 10.5 Å². The number of methoxy groups -OCH3 is 1. The molecule has 4 heteroatoms. The zero-order valence-corrected chi connectivity index (χ0v) is 12.8. The van der Waals surface area contributed by atoms with Crippen molar-refractivity contribution in [3.8, 4) is 11.1 Å². The highest BCUT2D eigenvalue weighted by Crippen LogP contribution is 2.28. The molecule has 0 radical (unpaired) electrons. The van der Waals surface area contributed by atoms with Crippen molar-refractivity contribution in [2.24, 2.45) is 0 Å². The van der Waals surface area contributed by atoms with E-state index in [2.05, 4.69) is 25.8 Å². The highest BCUT2D eigenvalue weighted by molar-refractivity contribution is 5.96. The number of rotatable bonds is 2. The molecule has 1 aromatic carbocycles. The fraction of sp³-hybridized carbons (Fsp3) is 0.294. The Kier molecular flexibility index (Phi) is 3.98. The molecule has 0 aliphatic rings. The Morgan fingerprint density at radius 2 is 1.81 bits per heavy atom. The highest BCUT2D eigenvalue weighted by Gasteiger charge is 2.17. The topological polar surface area (TPSA) is 65.2 Å². The average molecular weight is 284 g/mol. The van der Waals surface area contributed by atoms with Gasteiger partial charge in [-0.1, -0.05) is 26.8 Å². The van der Waals surface area contributed by atoms with Gasteiger partial charge in [0.1, 0.15) is 0 Å². The maximum Gasteiger partial charge on any atom is 0.339 e. The second kappa shape index (κ2) is 5.56. The van der Waals surface area contributed by atoms with Gasteiger partial charge in [0.15, 0.2) is 0 Å². The number of benzene rings is 1. The number of carbonyl (C=O) groups is 1. The van der Waals surface area contributed by atoms with E-state index in [1.807, 2.05) is 18.2 Å². The van der Waals surface area contributed by atoms with E-state index in [0.29, 0.717) is 11.3 Å². The van der Waals surface area contributed by atoms with Crippen molar-refractivity contribution >= 4 is 11.7 Å². The monoisotopic (exact) mass is 284 g/mol. The lowest BCUT2D eigenvalue weighted by molar-refractivity contribution is 0.0602. The highest BCUT2D eigenvalue weighted by atomic mass is 16.5. The first-order valence-corrected chi connectivity index (χ1v) is 6.77. The molecule has 0 bridgehead atoms. The van der Waals surface area contributed by atoms with Crippen LogP contribution in [0.3, 0.4) is 0 Å². The number of carbonyl (C=O) groups excluding carboxylic acids is 1. The predicted molar refractivity (Wildman–Crippen MR) is 84.1 cm³/mol. The Bertz CT molecular complexity index is 673. The molecule has 0 atom stereocenters. The second-order valence-corrected chi connectivity index (χ2v) is 5.97. The molecule has 0 spiro atoms. The van der Waals surface area contributed by atoms with Crippen molar-refractivity contribution in [2.75, 3.05) is 12.8 Å². The molecule has 0 aliphatic heterocycles. The minimum Gasteiger partial charge on any atom is -0.465 e. The first kappa shape index (κ1) is 15.0. The van der Waals surface area contributed by atoms with E-state index in [1.54, 1.807) is 18.3 Å². The van der Waals surface area contributed by atoms with E-state index in [0.717, 1.165) is 16.8 Å². The van der Waals surface area contributed by atoms with Gasteiger partial charge in [0.25, 0.3) is 0 Å². The minimum atomic E-state index is -0.431. The van der Waals surface area contributed by atoms with E-state index in [9.17, 15) is 4.79 Å². The fourth-order valence-corrected chi connectivity index (χ4v) is 2.04. The largest absolute Gasteiger partial charge is 0.465 e. The number of hydrogen-bond acceptors (Lipinski definition) is 4. The molecule has 4 nitrogen and oxygen atoms in total. The summed E-state index contributed by atoms with van der Waals surface area (Å²) in [5.41, 5.74) is 9.50. The molecule has 0 saturated carbocycles. The summed E-state index contributed by atoms with van der Waals surface area (Å²) in [6.45, 7) is 6.34. The molecule has 2 aromatic rings. The van der Waals surface area contributed by atoms with Crippen LogP contribution < -0.4 is 5.73 Å². The smallest absolute Gasteiger partial charge is 0.339 e. The van der Waals surface area contributed by atoms with Crippen LogP contribution in [0.1, 0.15) is 36.8 Å². The molecule has 0 amide bonds. The lowest BCUT2D eigenvalue weighted by Gasteiger charge is -2.18. The molecule has 2 rings (SSSR count). The number of aromatic nitrogens is 1. The summed E-state index contributed by atoms with van der Waals surface area (Å²) in [6.07, 6.45) is 1.78. The van der Waals surface area contributed by atoms with Gasteiger partial charge in [-0.25, -0.2) is 4.79 Å². The van der Waals surface area contributed by atoms with E-state index in [1.165, 1.54) is 7.11 Å². The number of pyridine rings is 1. The standard InChI is InChI=1S/C17H20N2O2/c1-17(2,3)15-10-12(7-8-19-15)11-5-6-14(18)13(9-11)16(20)21-4/h5-10H,18H2,1-4H3. The van der Waals surface area contributed by atoms with Crippen LogP contribution in [0.2, 0.25) is 0 Å². The van der Waals surface area contributed by atoms with Crippen LogP contribution in [0, 0.1) is 0 Å². The van der Waals surface area contributed by atoms with Crippen molar-refractivity contribution in [1.82, 2.24) is 4.98 Å². The number of hydrogen-bond donors (Lipinski definition) is 1. The zero-order chi connectivity index (χ0) is 15.6. The molecule has 0 aliphatic carbocycles. The van der Waals surface area contributed by atoms with Crippen LogP contribution in [0.15, 0.2) is 36.5 Å². The molecule has 0 unspecified atom stereocenters. The fourth-order valence-electron chi connectivity index (χ4n) is 2.04. The summed E-state index contributed by atoms with van der Waals surface area (Å²) >= 11 is 0. The van der Waals surface area contributed by atoms with E-state index >= 15 is 0 Å². The Morgan fingerprint density at radius 3 is 2.43 bits per heavy atom. The van der Waals surface area contributed by atoms with Gasteiger partial charge in [-0.15, -0.1) is 0 Å². The van der Waals surface area contributed by atoms with E-state index < -0.39 is 5.97 Å². The number of ether oxygens (including phenoxy) is 1. The predicted octanol–water partition coefficient (Wildman–Crippen LogP) is 3.41. The lowest BCUT2D eigenvalue weighted by Crippen LogP contribution is -2.13. The van der Waals surface area contributed by atoms with E-state index in [4.69, 9.17) is 10.5 Å². The summed E-state index contributed by atoms with van der Waals surface area (Å²) in [5, 5.41) is 0. The Hall–Kier alpha value is -2.36. The lowest BCUT2D eigenvalue weighted by atomic mass is 9.90. The Morgan fingerprint density at radius 1 is 1.14 bits per heavy atom. The minimum absolute atomic E-state index is 0.0327.